The van der Waals surface area contributed by atoms with E-state index in [4.69, 9.17) is 11.6 Å². The molecule has 0 aliphatic rings. The fourth-order valence-corrected chi connectivity index (χ4v) is 2.91. The summed E-state index contributed by atoms with van der Waals surface area (Å²) in [5.41, 5.74) is 2.08. The summed E-state index contributed by atoms with van der Waals surface area (Å²) in [5, 5.41) is 10.8. The molecule has 0 bridgehead atoms. The van der Waals surface area contributed by atoms with Crippen LogP contribution in [-0.4, -0.2) is 9.78 Å². The smallest absolute Gasteiger partial charge is 0.0863 e. The molecular weight excluding hydrogens is 266 g/mol. The molecule has 0 saturated heterocycles. The first-order valence-corrected chi connectivity index (χ1v) is 7.49. The summed E-state index contributed by atoms with van der Waals surface area (Å²) in [5.74, 6) is 0. The van der Waals surface area contributed by atoms with Crippen LogP contribution >= 0.6 is 22.9 Å². The van der Waals surface area contributed by atoms with Crippen molar-refractivity contribution in [1.29, 1.82) is 0 Å². The van der Waals surface area contributed by atoms with Crippen molar-refractivity contribution in [2.75, 3.05) is 0 Å². The van der Waals surface area contributed by atoms with E-state index in [1.807, 2.05) is 4.68 Å². The Morgan fingerprint density at radius 3 is 2.83 bits per heavy atom. The molecule has 0 unspecified atom stereocenters. The van der Waals surface area contributed by atoms with Crippen LogP contribution in [0.3, 0.4) is 0 Å². The van der Waals surface area contributed by atoms with Crippen molar-refractivity contribution in [2.24, 2.45) is 0 Å². The number of nitrogens with one attached hydrogen (secondary N) is 1. The van der Waals surface area contributed by atoms with E-state index in [1.54, 1.807) is 11.3 Å². The summed E-state index contributed by atoms with van der Waals surface area (Å²) >= 11 is 8.11. The lowest BCUT2D eigenvalue weighted by atomic mass is 10.3. The second-order valence-corrected chi connectivity index (χ2v) is 5.47. The van der Waals surface area contributed by atoms with E-state index in [-0.39, 0.29) is 0 Å². The molecule has 0 radical (unpaired) electrons. The zero-order chi connectivity index (χ0) is 13.0. The Labute approximate surface area is 117 Å². The third-order valence-electron chi connectivity index (χ3n) is 2.87. The van der Waals surface area contributed by atoms with Gasteiger partial charge in [-0.15, -0.1) is 11.3 Å². The zero-order valence-electron chi connectivity index (χ0n) is 10.7. The van der Waals surface area contributed by atoms with Crippen LogP contribution in [0.15, 0.2) is 17.5 Å². The first-order chi connectivity index (χ1) is 8.76. The van der Waals surface area contributed by atoms with E-state index in [0.29, 0.717) is 0 Å². The van der Waals surface area contributed by atoms with Gasteiger partial charge in [0.25, 0.3) is 0 Å². The minimum atomic E-state index is 0.761. The van der Waals surface area contributed by atoms with Crippen molar-refractivity contribution in [3.05, 3.63) is 38.8 Å². The summed E-state index contributed by atoms with van der Waals surface area (Å²) in [6.07, 6.45) is 0.879. The molecule has 2 rings (SSSR count). The molecule has 0 aromatic carbocycles. The average molecular weight is 284 g/mol. The molecule has 0 aliphatic heterocycles. The normalized spacial score (nSPS) is 11.1. The predicted octanol–water partition coefficient (Wildman–Crippen LogP) is 3.47. The molecule has 0 amide bonds. The molecule has 0 fully saturated rings. The fraction of sp³-hybridized carbons (Fsp3) is 0.462. The Morgan fingerprint density at radius 1 is 1.39 bits per heavy atom. The minimum Gasteiger partial charge on any atom is -0.306 e. The van der Waals surface area contributed by atoms with Crippen LogP contribution in [0.4, 0.5) is 0 Å². The highest BCUT2D eigenvalue weighted by Crippen LogP contribution is 2.21. The second kappa shape index (κ2) is 6.36. The molecule has 2 heterocycles. The molecule has 0 atom stereocenters. The molecule has 2 aromatic rings. The van der Waals surface area contributed by atoms with Gasteiger partial charge in [-0.25, -0.2) is 0 Å². The SMILES string of the molecule is CCc1nn(CC)c(CNCc2cccs2)c1Cl. The van der Waals surface area contributed by atoms with Crippen LogP contribution < -0.4 is 5.32 Å². The van der Waals surface area contributed by atoms with Gasteiger partial charge in [0.1, 0.15) is 0 Å². The van der Waals surface area contributed by atoms with Gasteiger partial charge in [0.05, 0.1) is 16.4 Å². The molecule has 0 spiro atoms. The van der Waals surface area contributed by atoms with Gasteiger partial charge in [-0.2, -0.15) is 5.10 Å². The molecule has 5 heteroatoms. The molecule has 0 aliphatic carbocycles. The van der Waals surface area contributed by atoms with E-state index < -0.39 is 0 Å². The summed E-state index contributed by atoms with van der Waals surface area (Å²) in [6.45, 7) is 6.67. The van der Waals surface area contributed by atoms with Crippen LogP contribution in [0, 0.1) is 0 Å². The van der Waals surface area contributed by atoms with Gasteiger partial charge in [0.15, 0.2) is 0 Å². The van der Waals surface area contributed by atoms with Crippen LogP contribution in [0.5, 0.6) is 0 Å². The lowest BCUT2D eigenvalue weighted by Crippen LogP contribution is -2.15. The van der Waals surface area contributed by atoms with E-state index in [0.717, 1.165) is 42.5 Å². The summed E-state index contributed by atoms with van der Waals surface area (Å²) in [4.78, 5) is 1.34. The topological polar surface area (TPSA) is 29.9 Å². The van der Waals surface area contributed by atoms with Gasteiger partial charge in [-0.3, -0.25) is 4.68 Å². The molecule has 2 aromatic heterocycles. The number of thiophene rings is 1. The zero-order valence-corrected chi connectivity index (χ0v) is 12.3. The molecule has 3 nitrogen and oxygen atoms in total. The van der Waals surface area contributed by atoms with Crippen LogP contribution in [0.1, 0.15) is 30.1 Å². The van der Waals surface area contributed by atoms with E-state index in [9.17, 15) is 0 Å². The number of nitrogens with zero attached hydrogens (tertiary/aromatic N) is 2. The first-order valence-electron chi connectivity index (χ1n) is 6.23. The first kappa shape index (κ1) is 13.6. The van der Waals surface area contributed by atoms with Crippen molar-refractivity contribution in [1.82, 2.24) is 15.1 Å². The second-order valence-electron chi connectivity index (χ2n) is 4.06. The van der Waals surface area contributed by atoms with Gasteiger partial charge >= 0.3 is 0 Å². The van der Waals surface area contributed by atoms with Crippen LogP contribution in [0.2, 0.25) is 5.02 Å². The molecular formula is C13H18ClN3S. The third kappa shape index (κ3) is 2.94. The van der Waals surface area contributed by atoms with Crippen molar-refractivity contribution in [3.8, 4) is 0 Å². The van der Waals surface area contributed by atoms with Crippen molar-refractivity contribution in [2.45, 2.75) is 39.9 Å². The maximum Gasteiger partial charge on any atom is 0.0863 e. The molecule has 18 heavy (non-hydrogen) atoms. The van der Waals surface area contributed by atoms with Gasteiger partial charge in [-0.05, 0) is 24.8 Å². The Morgan fingerprint density at radius 2 is 2.22 bits per heavy atom. The lowest BCUT2D eigenvalue weighted by molar-refractivity contribution is 0.579. The van der Waals surface area contributed by atoms with Crippen molar-refractivity contribution < 1.29 is 0 Å². The highest BCUT2D eigenvalue weighted by molar-refractivity contribution is 7.09. The molecule has 98 valence electrons. The fourth-order valence-electron chi connectivity index (χ4n) is 1.90. The number of halogens is 1. The Balaban J connectivity index is 2.01. The van der Waals surface area contributed by atoms with Gasteiger partial charge in [0.2, 0.25) is 0 Å². The van der Waals surface area contributed by atoms with Crippen LogP contribution in [-0.2, 0) is 26.1 Å². The monoisotopic (exact) mass is 283 g/mol. The maximum atomic E-state index is 6.35. The largest absolute Gasteiger partial charge is 0.306 e. The molecule has 1 N–H and O–H groups in total. The van der Waals surface area contributed by atoms with Gasteiger partial charge < -0.3 is 5.32 Å². The van der Waals surface area contributed by atoms with Crippen LogP contribution in [0.25, 0.3) is 0 Å². The lowest BCUT2D eigenvalue weighted by Gasteiger charge is -2.06. The van der Waals surface area contributed by atoms with Crippen molar-refractivity contribution in [3.63, 3.8) is 0 Å². The summed E-state index contributed by atoms with van der Waals surface area (Å²) < 4.78 is 1.99. The Kier molecular flexibility index (Phi) is 4.80. The highest BCUT2D eigenvalue weighted by Gasteiger charge is 2.13. The highest BCUT2D eigenvalue weighted by atomic mass is 35.5. The Hall–Kier alpha value is -0.840. The quantitative estimate of drug-likeness (QED) is 0.880. The number of hydrogen-bond acceptors (Lipinski definition) is 3. The van der Waals surface area contributed by atoms with Gasteiger partial charge in [0, 0.05) is 24.5 Å². The van der Waals surface area contributed by atoms with E-state index in [1.165, 1.54) is 4.88 Å². The minimum absolute atomic E-state index is 0.761. The number of aromatic nitrogens is 2. The average Bonchev–Trinajstić information content (AvgIpc) is 2.99. The standard InChI is InChI=1S/C13H18ClN3S/c1-3-11-13(14)12(17(4-2)16-11)9-15-8-10-6-5-7-18-10/h5-7,15H,3-4,8-9H2,1-2H3. The summed E-state index contributed by atoms with van der Waals surface area (Å²) in [6, 6.07) is 4.20. The number of rotatable bonds is 6. The Bertz CT molecular complexity index is 491. The number of hydrogen-bond donors (Lipinski definition) is 1. The van der Waals surface area contributed by atoms with Crippen molar-refractivity contribution >= 4 is 22.9 Å². The van der Waals surface area contributed by atoms with Gasteiger partial charge in [-0.1, -0.05) is 24.6 Å². The third-order valence-corrected chi connectivity index (χ3v) is 4.18. The number of aryl methyl sites for hydroxylation is 2. The van der Waals surface area contributed by atoms with E-state index in [2.05, 4.69) is 41.8 Å². The molecule has 0 saturated carbocycles. The maximum absolute atomic E-state index is 6.35. The predicted molar refractivity (Wildman–Crippen MR) is 77.2 cm³/mol. The van der Waals surface area contributed by atoms with E-state index >= 15 is 0 Å². The summed E-state index contributed by atoms with van der Waals surface area (Å²) in [7, 11) is 0.